The first-order chi connectivity index (χ1) is 13.8. The summed E-state index contributed by atoms with van der Waals surface area (Å²) in [4.78, 5) is 15.8. The molecule has 1 aromatic heterocycles. The van der Waals surface area contributed by atoms with Crippen molar-refractivity contribution in [2.45, 2.75) is 19.5 Å². The Labute approximate surface area is 164 Å². The molecular formula is C23H16F3NO2. The minimum absolute atomic E-state index is 0.00985. The summed E-state index contributed by atoms with van der Waals surface area (Å²) in [6.07, 6.45) is -3.30. The molecule has 0 bridgehead atoms. The van der Waals surface area contributed by atoms with E-state index < -0.39 is 17.7 Å². The summed E-state index contributed by atoms with van der Waals surface area (Å²) in [6.45, 7) is 1.81. The SMILES string of the molecule is Cc1cc2ccccc2c(-c2ccc(C(F)(F)F)c3cccnc23)c1CC(=O)O. The average Bonchev–Trinajstić information content (AvgIpc) is 2.67. The van der Waals surface area contributed by atoms with Gasteiger partial charge in [-0.25, -0.2) is 0 Å². The number of aryl methyl sites for hydroxylation is 1. The van der Waals surface area contributed by atoms with Crippen LogP contribution < -0.4 is 0 Å². The molecule has 146 valence electrons. The second-order valence-electron chi connectivity index (χ2n) is 6.90. The van der Waals surface area contributed by atoms with E-state index in [4.69, 9.17) is 0 Å². The molecule has 0 atom stereocenters. The quantitative estimate of drug-likeness (QED) is 0.462. The van der Waals surface area contributed by atoms with Gasteiger partial charge in [0.05, 0.1) is 17.5 Å². The zero-order valence-corrected chi connectivity index (χ0v) is 15.4. The van der Waals surface area contributed by atoms with Crippen LogP contribution in [-0.4, -0.2) is 16.1 Å². The fourth-order valence-corrected chi connectivity index (χ4v) is 3.84. The lowest BCUT2D eigenvalue weighted by molar-refractivity contribution is -0.137. The first-order valence-corrected chi connectivity index (χ1v) is 8.95. The smallest absolute Gasteiger partial charge is 0.417 e. The third-order valence-electron chi connectivity index (χ3n) is 5.05. The van der Waals surface area contributed by atoms with E-state index >= 15 is 0 Å². The lowest BCUT2D eigenvalue weighted by Gasteiger charge is -2.18. The van der Waals surface area contributed by atoms with Gasteiger partial charge in [0.25, 0.3) is 0 Å². The lowest BCUT2D eigenvalue weighted by atomic mass is 9.87. The number of hydrogen-bond acceptors (Lipinski definition) is 2. The predicted octanol–water partition coefficient (Wildman–Crippen LogP) is 6.01. The summed E-state index contributed by atoms with van der Waals surface area (Å²) in [5.41, 5.74) is 1.88. The summed E-state index contributed by atoms with van der Waals surface area (Å²) in [7, 11) is 0. The van der Waals surface area contributed by atoms with Gasteiger partial charge < -0.3 is 5.11 Å². The summed E-state index contributed by atoms with van der Waals surface area (Å²) < 4.78 is 40.5. The van der Waals surface area contributed by atoms with Gasteiger partial charge in [0.15, 0.2) is 0 Å². The van der Waals surface area contributed by atoms with E-state index in [2.05, 4.69) is 4.98 Å². The van der Waals surface area contributed by atoms with E-state index in [1.165, 1.54) is 24.4 Å². The fourth-order valence-electron chi connectivity index (χ4n) is 3.84. The van der Waals surface area contributed by atoms with Gasteiger partial charge in [-0.15, -0.1) is 0 Å². The predicted molar refractivity (Wildman–Crippen MR) is 106 cm³/mol. The van der Waals surface area contributed by atoms with Crippen molar-refractivity contribution in [2.24, 2.45) is 0 Å². The topological polar surface area (TPSA) is 50.2 Å². The Balaban J connectivity index is 2.15. The number of halogens is 3. The Morgan fingerprint density at radius 1 is 1.03 bits per heavy atom. The van der Waals surface area contributed by atoms with Gasteiger partial charge in [0.1, 0.15) is 0 Å². The zero-order valence-electron chi connectivity index (χ0n) is 15.4. The Kier molecular flexibility index (Phi) is 4.49. The molecule has 0 saturated heterocycles. The highest BCUT2D eigenvalue weighted by Gasteiger charge is 2.33. The average molecular weight is 395 g/mol. The number of carboxylic acids is 1. The first-order valence-electron chi connectivity index (χ1n) is 8.95. The van der Waals surface area contributed by atoms with Crippen LogP contribution in [0.5, 0.6) is 0 Å². The van der Waals surface area contributed by atoms with E-state index in [0.29, 0.717) is 16.7 Å². The monoisotopic (exact) mass is 395 g/mol. The molecule has 0 aliphatic carbocycles. The summed E-state index contributed by atoms with van der Waals surface area (Å²) in [6, 6.07) is 14.6. The number of hydrogen-bond donors (Lipinski definition) is 1. The van der Waals surface area contributed by atoms with Crippen LogP contribution in [0.1, 0.15) is 16.7 Å². The van der Waals surface area contributed by atoms with Crippen LogP contribution in [0.25, 0.3) is 32.8 Å². The van der Waals surface area contributed by atoms with E-state index in [9.17, 15) is 23.1 Å². The standard InChI is InChI=1S/C23H16F3NO2/c1-13-11-14-5-2-3-6-15(14)21(18(13)12-20(28)29)17-8-9-19(23(24,25)26)16-7-4-10-27-22(16)17/h2-11H,12H2,1H3,(H,28,29). The van der Waals surface area contributed by atoms with Gasteiger partial charge in [-0.1, -0.05) is 42.5 Å². The van der Waals surface area contributed by atoms with Crippen LogP contribution in [0.3, 0.4) is 0 Å². The molecule has 0 unspecified atom stereocenters. The maximum absolute atomic E-state index is 13.5. The summed E-state index contributed by atoms with van der Waals surface area (Å²) in [5, 5.41) is 11.1. The molecule has 0 amide bonds. The summed E-state index contributed by atoms with van der Waals surface area (Å²) in [5.74, 6) is -1.01. The number of fused-ring (bicyclic) bond motifs is 2. The number of nitrogens with zero attached hydrogens (tertiary/aromatic N) is 1. The lowest BCUT2D eigenvalue weighted by Crippen LogP contribution is -2.08. The third-order valence-corrected chi connectivity index (χ3v) is 5.05. The number of aliphatic carboxylic acids is 1. The molecule has 4 aromatic rings. The zero-order chi connectivity index (χ0) is 20.8. The Morgan fingerprint density at radius 2 is 1.76 bits per heavy atom. The Bertz CT molecular complexity index is 1260. The molecule has 3 aromatic carbocycles. The third kappa shape index (κ3) is 3.31. The van der Waals surface area contributed by atoms with Gasteiger partial charge in [-0.05, 0) is 46.5 Å². The van der Waals surface area contributed by atoms with E-state index in [-0.39, 0.29) is 17.3 Å². The molecule has 3 nitrogen and oxygen atoms in total. The normalized spacial score (nSPS) is 11.9. The van der Waals surface area contributed by atoms with E-state index in [1.807, 2.05) is 37.3 Å². The molecule has 0 aliphatic heterocycles. The number of benzene rings is 3. The number of carboxylic acid groups (broad SMARTS) is 1. The van der Waals surface area contributed by atoms with Gasteiger partial charge in [-0.2, -0.15) is 13.2 Å². The fraction of sp³-hybridized carbons (Fsp3) is 0.130. The molecule has 4 rings (SSSR count). The number of pyridine rings is 1. The van der Waals surface area contributed by atoms with Crippen LogP contribution in [0.2, 0.25) is 0 Å². The maximum Gasteiger partial charge on any atom is 0.417 e. The van der Waals surface area contributed by atoms with Gasteiger partial charge >= 0.3 is 12.1 Å². The molecule has 6 heteroatoms. The molecule has 0 radical (unpaired) electrons. The van der Waals surface area contributed by atoms with Crippen molar-refractivity contribution in [2.75, 3.05) is 0 Å². The van der Waals surface area contributed by atoms with Crippen LogP contribution in [-0.2, 0) is 17.4 Å². The van der Waals surface area contributed by atoms with Crippen LogP contribution >= 0.6 is 0 Å². The van der Waals surface area contributed by atoms with Crippen LogP contribution in [0, 0.1) is 6.92 Å². The number of alkyl halides is 3. The minimum atomic E-state index is -4.52. The molecule has 1 heterocycles. The number of rotatable bonds is 3. The molecule has 29 heavy (non-hydrogen) atoms. The van der Waals surface area contributed by atoms with Crippen molar-refractivity contribution in [3.05, 3.63) is 77.5 Å². The summed E-state index contributed by atoms with van der Waals surface area (Å²) >= 11 is 0. The largest absolute Gasteiger partial charge is 0.481 e. The Morgan fingerprint density at radius 3 is 2.48 bits per heavy atom. The molecule has 0 spiro atoms. The molecule has 0 fully saturated rings. The molecule has 0 aliphatic rings. The van der Waals surface area contributed by atoms with Gasteiger partial charge in [0.2, 0.25) is 0 Å². The second kappa shape index (κ2) is 6.88. The van der Waals surface area contributed by atoms with E-state index in [1.54, 1.807) is 0 Å². The maximum atomic E-state index is 13.5. The van der Waals surface area contributed by atoms with Crippen molar-refractivity contribution in [1.29, 1.82) is 0 Å². The van der Waals surface area contributed by atoms with Crippen LogP contribution in [0.15, 0.2) is 60.8 Å². The van der Waals surface area contributed by atoms with Crippen molar-refractivity contribution in [1.82, 2.24) is 4.98 Å². The van der Waals surface area contributed by atoms with Crippen molar-refractivity contribution < 1.29 is 23.1 Å². The van der Waals surface area contributed by atoms with Crippen molar-refractivity contribution in [3.8, 4) is 11.1 Å². The number of carbonyl (C=O) groups is 1. The minimum Gasteiger partial charge on any atom is -0.481 e. The molecular weight excluding hydrogens is 379 g/mol. The highest BCUT2D eigenvalue weighted by atomic mass is 19.4. The first kappa shape index (κ1) is 18.9. The van der Waals surface area contributed by atoms with Crippen LogP contribution in [0.4, 0.5) is 13.2 Å². The van der Waals surface area contributed by atoms with Gasteiger partial charge in [0, 0.05) is 17.1 Å². The van der Waals surface area contributed by atoms with Gasteiger partial charge in [-0.3, -0.25) is 9.78 Å². The molecule has 0 saturated carbocycles. The number of aromatic nitrogens is 1. The van der Waals surface area contributed by atoms with Crippen molar-refractivity contribution >= 4 is 27.6 Å². The molecule has 1 N–H and O–H groups in total. The van der Waals surface area contributed by atoms with E-state index in [0.717, 1.165) is 22.4 Å². The Hall–Kier alpha value is -3.41. The second-order valence-corrected chi connectivity index (χ2v) is 6.90. The highest BCUT2D eigenvalue weighted by Crippen LogP contribution is 2.41. The highest BCUT2D eigenvalue weighted by molar-refractivity contribution is 6.07. The van der Waals surface area contributed by atoms with Crippen molar-refractivity contribution in [3.63, 3.8) is 0 Å².